The van der Waals surface area contributed by atoms with E-state index in [2.05, 4.69) is 160 Å². The van der Waals surface area contributed by atoms with Gasteiger partial charge in [-0.2, -0.15) is 0 Å². The van der Waals surface area contributed by atoms with Gasteiger partial charge in [-0.3, -0.25) is 0 Å². The lowest BCUT2D eigenvalue weighted by atomic mass is 9.89. The highest BCUT2D eigenvalue weighted by Gasteiger charge is 2.16. The monoisotopic (exact) mass is 585 g/mol. The van der Waals surface area contributed by atoms with Gasteiger partial charge >= 0.3 is 0 Å². The smallest absolute Gasteiger partial charge is 0.0991 e. The molecule has 10 aromatic rings. The summed E-state index contributed by atoms with van der Waals surface area (Å²) in [6.07, 6.45) is 5.67. The van der Waals surface area contributed by atoms with Crippen LogP contribution in [0.5, 0.6) is 0 Å². The quantitative estimate of drug-likeness (QED) is 0.188. The summed E-state index contributed by atoms with van der Waals surface area (Å²) >= 11 is 0. The van der Waals surface area contributed by atoms with E-state index < -0.39 is 0 Å². The number of para-hydroxylation sites is 1. The van der Waals surface area contributed by atoms with Crippen molar-refractivity contribution in [2.75, 3.05) is 0 Å². The van der Waals surface area contributed by atoms with E-state index in [1.807, 2.05) is 18.7 Å². The van der Waals surface area contributed by atoms with Crippen LogP contribution in [0.3, 0.4) is 0 Å². The van der Waals surface area contributed by atoms with Crippen molar-refractivity contribution in [3.05, 3.63) is 164 Å². The van der Waals surface area contributed by atoms with Crippen LogP contribution >= 0.6 is 0 Å². The Balaban J connectivity index is 1.18. The summed E-state index contributed by atoms with van der Waals surface area (Å²) in [7, 11) is 0. The van der Waals surface area contributed by atoms with E-state index in [4.69, 9.17) is 0 Å². The summed E-state index contributed by atoms with van der Waals surface area (Å²) in [5.41, 5.74) is 9.58. The number of benzene rings is 8. The van der Waals surface area contributed by atoms with Crippen molar-refractivity contribution >= 4 is 54.1 Å². The molecule has 0 bridgehead atoms. The molecule has 8 aromatic carbocycles. The Morgan fingerprint density at radius 3 is 1.59 bits per heavy atom. The van der Waals surface area contributed by atoms with E-state index in [0.29, 0.717) is 0 Å². The van der Waals surface area contributed by atoms with Crippen molar-refractivity contribution in [3.63, 3.8) is 0 Å². The summed E-state index contributed by atoms with van der Waals surface area (Å²) in [5, 5.41) is 10.2. The molecule has 0 spiro atoms. The maximum Gasteiger partial charge on any atom is 0.0991 e. The molecule has 0 aliphatic rings. The fourth-order valence-corrected chi connectivity index (χ4v) is 7.42. The summed E-state index contributed by atoms with van der Waals surface area (Å²) in [5.74, 6) is 0. The van der Waals surface area contributed by atoms with E-state index in [1.165, 1.54) is 76.4 Å². The Kier molecular flexibility index (Phi) is 5.28. The molecule has 10 rings (SSSR count). The minimum absolute atomic E-state index is 1.10. The van der Waals surface area contributed by atoms with E-state index in [-0.39, 0.29) is 0 Å². The average molecular weight is 586 g/mol. The molecule has 0 saturated carbocycles. The number of imidazole rings is 1. The van der Waals surface area contributed by atoms with Gasteiger partial charge in [0.2, 0.25) is 0 Å². The van der Waals surface area contributed by atoms with Crippen molar-refractivity contribution in [3.8, 4) is 33.6 Å². The van der Waals surface area contributed by atoms with E-state index in [0.717, 1.165) is 11.4 Å². The first kappa shape index (κ1) is 25.2. The Hall–Kier alpha value is -6.19. The molecule has 3 nitrogen and oxygen atoms in total. The van der Waals surface area contributed by atoms with Crippen LogP contribution in [0.4, 0.5) is 0 Å². The van der Waals surface area contributed by atoms with E-state index in [9.17, 15) is 0 Å². The standard InChI is InChI=1S/C43H27N3/c1-3-7-28(8-4-1)34-21-30-11-13-32-23-35(24-33-14-12-31(22-34)42(30)43(32)33)29-15-17-40-38(25-29)39-26-37(45-20-19-44-27-45)16-18-41(39)46(40)36-9-5-2-6-10-36/h1-27H. The minimum atomic E-state index is 1.10. The maximum atomic E-state index is 4.28. The highest BCUT2D eigenvalue weighted by Crippen LogP contribution is 2.41. The van der Waals surface area contributed by atoms with Crippen molar-refractivity contribution in [2.45, 2.75) is 0 Å². The highest BCUT2D eigenvalue weighted by atomic mass is 15.0. The Bertz CT molecular complexity index is 2650. The Morgan fingerprint density at radius 2 is 0.978 bits per heavy atom. The molecule has 0 N–H and O–H groups in total. The molecule has 3 heteroatoms. The van der Waals surface area contributed by atoms with Gasteiger partial charge in [0, 0.05) is 34.5 Å². The van der Waals surface area contributed by atoms with Gasteiger partial charge in [-0.25, -0.2) is 4.98 Å². The second-order valence-electron chi connectivity index (χ2n) is 12.2. The number of hydrogen-bond donors (Lipinski definition) is 0. The van der Waals surface area contributed by atoms with Crippen LogP contribution in [0.1, 0.15) is 0 Å². The van der Waals surface area contributed by atoms with Gasteiger partial charge < -0.3 is 9.13 Å². The Morgan fingerprint density at radius 1 is 0.413 bits per heavy atom. The van der Waals surface area contributed by atoms with Crippen LogP contribution in [-0.4, -0.2) is 14.1 Å². The lowest BCUT2D eigenvalue weighted by Gasteiger charge is -2.15. The summed E-state index contributed by atoms with van der Waals surface area (Å²) < 4.78 is 4.44. The van der Waals surface area contributed by atoms with Crippen molar-refractivity contribution < 1.29 is 0 Å². The predicted octanol–water partition coefficient (Wildman–Crippen LogP) is 11.2. The molecule has 0 unspecified atom stereocenters. The second kappa shape index (κ2) is 9.65. The summed E-state index contributed by atoms with van der Waals surface area (Å²) in [6, 6.07) is 53.5. The second-order valence-corrected chi connectivity index (χ2v) is 12.2. The largest absolute Gasteiger partial charge is 0.309 e. The van der Waals surface area contributed by atoms with Gasteiger partial charge in [-0.05, 0) is 121 Å². The lowest BCUT2D eigenvalue weighted by Crippen LogP contribution is -1.94. The van der Waals surface area contributed by atoms with Gasteiger partial charge in [0.15, 0.2) is 0 Å². The normalized spacial score (nSPS) is 11.9. The zero-order valence-electron chi connectivity index (χ0n) is 24.9. The zero-order chi connectivity index (χ0) is 30.2. The maximum absolute atomic E-state index is 4.28. The number of aromatic nitrogens is 3. The van der Waals surface area contributed by atoms with Crippen LogP contribution < -0.4 is 0 Å². The number of hydrogen-bond acceptors (Lipinski definition) is 1. The van der Waals surface area contributed by atoms with Crippen LogP contribution in [0, 0.1) is 0 Å². The van der Waals surface area contributed by atoms with Crippen LogP contribution in [0.15, 0.2) is 164 Å². The molecule has 0 aliphatic carbocycles. The molecule has 2 heterocycles. The summed E-state index contributed by atoms with van der Waals surface area (Å²) in [4.78, 5) is 4.28. The van der Waals surface area contributed by atoms with E-state index >= 15 is 0 Å². The third-order valence-electron chi connectivity index (χ3n) is 9.54. The van der Waals surface area contributed by atoms with Crippen molar-refractivity contribution in [1.29, 1.82) is 0 Å². The van der Waals surface area contributed by atoms with Gasteiger partial charge in [-0.1, -0.05) is 78.9 Å². The van der Waals surface area contributed by atoms with Crippen molar-refractivity contribution in [2.24, 2.45) is 0 Å². The molecule has 0 fully saturated rings. The zero-order valence-corrected chi connectivity index (χ0v) is 24.9. The fraction of sp³-hybridized carbons (Fsp3) is 0. The molecule has 0 atom stereocenters. The van der Waals surface area contributed by atoms with Gasteiger partial charge in [0.1, 0.15) is 0 Å². The molecule has 0 saturated heterocycles. The lowest BCUT2D eigenvalue weighted by molar-refractivity contribution is 1.06. The number of fused-ring (bicyclic) bond motifs is 3. The average Bonchev–Trinajstić information content (AvgIpc) is 3.77. The highest BCUT2D eigenvalue weighted by molar-refractivity contribution is 6.24. The van der Waals surface area contributed by atoms with Gasteiger partial charge in [0.25, 0.3) is 0 Å². The molecule has 0 aliphatic heterocycles. The molecule has 0 amide bonds. The first-order valence-electron chi connectivity index (χ1n) is 15.7. The molecule has 46 heavy (non-hydrogen) atoms. The van der Waals surface area contributed by atoms with Gasteiger partial charge in [-0.15, -0.1) is 0 Å². The molecule has 0 radical (unpaired) electrons. The molecule has 214 valence electrons. The molecule has 2 aromatic heterocycles. The minimum Gasteiger partial charge on any atom is -0.309 e. The first-order chi connectivity index (χ1) is 22.8. The molecular weight excluding hydrogens is 558 g/mol. The van der Waals surface area contributed by atoms with Gasteiger partial charge in [0.05, 0.1) is 17.4 Å². The third-order valence-corrected chi connectivity index (χ3v) is 9.54. The third kappa shape index (κ3) is 3.75. The first-order valence-corrected chi connectivity index (χ1v) is 15.7. The van der Waals surface area contributed by atoms with Crippen LogP contribution in [0.25, 0.3) is 87.8 Å². The van der Waals surface area contributed by atoms with E-state index in [1.54, 1.807) is 0 Å². The molecular formula is C43H27N3. The summed E-state index contributed by atoms with van der Waals surface area (Å²) in [6.45, 7) is 0. The number of rotatable bonds is 4. The van der Waals surface area contributed by atoms with Crippen LogP contribution in [-0.2, 0) is 0 Å². The van der Waals surface area contributed by atoms with Crippen molar-refractivity contribution in [1.82, 2.24) is 14.1 Å². The number of nitrogens with zero attached hydrogens (tertiary/aromatic N) is 3. The Labute approximate surface area is 265 Å². The fourth-order valence-electron chi connectivity index (χ4n) is 7.42. The predicted molar refractivity (Wildman–Crippen MR) is 192 cm³/mol. The van der Waals surface area contributed by atoms with Crippen LogP contribution in [0.2, 0.25) is 0 Å². The topological polar surface area (TPSA) is 22.8 Å². The SMILES string of the molecule is c1ccc(-c2cc3ccc4cc(-c5ccc6c(c5)c5cc(-n7ccnc7)ccc5n6-c5ccccc5)cc5ccc(c2)c3c45)cc1.